The number of carbonyl (C=O) groups excluding carboxylic acids is 2. The summed E-state index contributed by atoms with van der Waals surface area (Å²) in [6.07, 6.45) is 3.55. The number of anilines is 2. The van der Waals surface area contributed by atoms with Crippen LogP contribution in [-0.2, 0) is 4.79 Å². The maximum Gasteiger partial charge on any atom is 0.254 e. The van der Waals surface area contributed by atoms with Gasteiger partial charge in [0.2, 0.25) is 11.9 Å². The number of carbonyl (C=O) groups is 2. The van der Waals surface area contributed by atoms with Gasteiger partial charge in [-0.05, 0) is 36.8 Å². The number of aromatic nitrogens is 2. The van der Waals surface area contributed by atoms with Crippen molar-refractivity contribution in [2.75, 3.05) is 23.7 Å². The zero-order chi connectivity index (χ0) is 21.1. The number of hydrogen-bond donors (Lipinski definition) is 2. The van der Waals surface area contributed by atoms with Gasteiger partial charge in [-0.15, -0.1) is 0 Å². The van der Waals surface area contributed by atoms with Gasteiger partial charge in [0.15, 0.2) is 0 Å². The molecule has 0 spiro atoms. The van der Waals surface area contributed by atoms with Crippen LogP contribution < -0.4 is 10.6 Å². The number of benzene rings is 2. The average Bonchev–Trinajstić information content (AvgIpc) is 3.22. The Labute approximate surface area is 172 Å². The third-order valence-electron chi connectivity index (χ3n) is 4.96. The molecule has 0 saturated carbocycles. The first-order valence-electron chi connectivity index (χ1n) is 9.54. The molecule has 1 aromatic heterocycles. The summed E-state index contributed by atoms with van der Waals surface area (Å²) < 4.78 is 14.2. The van der Waals surface area contributed by atoms with Gasteiger partial charge in [-0.3, -0.25) is 9.59 Å². The van der Waals surface area contributed by atoms with Crippen LogP contribution in [0.3, 0.4) is 0 Å². The van der Waals surface area contributed by atoms with E-state index in [1.54, 1.807) is 11.1 Å². The second-order valence-electron chi connectivity index (χ2n) is 7.02. The molecule has 3 aromatic rings. The van der Waals surface area contributed by atoms with E-state index in [1.165, 1.54) is 12.1 Å². The normalized spacial score (nSPS) is 15.8. The molecule has 152 valence electrons. The van der Waals surface area contributed by atoms with Gasteiger partial charge >= 0.3 is 0 Å². The monoisotopic (exact) mass is 405 g/mol. The van der Waals surface area contributed by atoms with Gasteiger partial charge in [0.05, 0.1) is 11.2 Å². The molecule has 1 saturated heterocycles. The maximum atomic E-state index is 14.2. The largest absolute Gasteiger partial charge is 0.350 e. The Morgan fingerprint density at radius 1 is 1.23 bits per heavy atom. The minimum Gasteiger partial charge on any atom is -0.350 e. The highest BCUT2D eigenvalue weighted by atomic mass is 19.1. The quantitative estimate of drug-likeness (QED) is 0.637. The van der Waals surface area contributed by atoms with Crippen LogP contribution in [0, 0.1) is 5.82 Å². The topological polar surface area (TPSA) is 87.2 Å². The van der Waals surface area contributed by atoms with Crippen LogP contribution in [0.1, 0.15) is 16.8 Å². The molecule has 1 atom stereocenters. The van der Waals surface area contributed by atoms with Gasteiger partial charge in [-0.2, -0.15) is 0 Å². The third kappa shape index (κ3) is 4.12. The van der Waals surface area contributed by atoms with Gasteiger partial charge < -0.3 is 15.5 Å². The van der Waals surface area contributed by atoms with E-state index < -0.39 is 11.7 Å². The molecule has 7 nitrogen and oxygen atoms in total. The molecule has 0 bridgehead atoms. The van der Waals surface area contributed by atoms with Gasteiger partial charge in [-0.1, -0.05) is 24.8 Å². The van der Waals surface area contributed by atoms with E-state index in [1.807, 2.05) is 24.3 Å². The lowest BCUT2D eigenvalue weighted by Gasteiger charge is -2.18. The standard InChI is InChI=1S/C22H20FN5O2/c1-2-20(29)26-19-8-7-14(11-17(19)23)21(30)28-10-9-16(13-28)25-22-24-12-15-5-3-4-6-18(15)27-22/h2-8,11-12,16H,1,9-10,13H2,(H,26,29)(H,24,25,27)/t16-/m1/s1. The molecule has 1 aliphatic heterocycles. The lowest BCUT2D eigenvalue weighted by atomic mass is 10.1. The first kappa shape index (κ1) is 19.5. The van der Waals surface area contributed by atoms with Crippen molar-refractivity contribution in [1.82, 2.24) is 14.9 Å². The first-order chi connectivity index (χ1) is 14.5. The molecule has 0 radical (unpaired) electrons. The summed E-state index contributed by atoms with van der Waals surface area (Å²) in [7, 11) is 0. The van der Waals surface area contributed by atoms with Crippen LogP contribution in [0.5, 0.6) is 0 Å². The highest BCUT2D eigenvalue weighted by Gasteiger charge is 2.28. The molecule has 4 rings (SSSR count). The minimum atomic E-state index is -0.672. The summed E-state index contributed by atoms with van der Waals surface area (Å²) in [5.41, 5.74) is 1.08. The fourth-order valence-corrected chi connectivity index (χ4v) is 3.40. The highest BCUT2D eigenvalue weighted by molar-refractivity contribution is 6.00. The van der Waals surface area contributed by atoms with Gasteiger partial charge in [0.1, 0.15) is 5.82 Å². The summed E-state index contributed by atoms with van der Waals surface area (Å²) in [6.45, 7) is 4.33. The second kappa shape index (κ2) is 8.28. The van der Waals surface area contributed by atoms with Crippen molar-refractivity contribution in [3.8, 4) is 0 Å². The van der Waals surface area contributed by atoms with Crippen molar-refractivity contribution >= 4 is 34.4 Å². The average molecular weight is 405 g/mol. The van der Waals surface area contributed by atoms with Crippen molar-refractivity contribution in [1.29, 1.82) is 0 Å². The predicted molar refractivity (Wildman–Crippen MR) is 113 cm³/mol. The number of amides is 2. The molecule has 1 fully saturated rings. The smallest absolute Gasteiger partial charge is 0.254 e. The molecule has 2 heterocycles. The van der Waals surface area contributed by atoms with E-state index in [0.717, 1.165) is 29.5 Å². The highest BCUT2D eigenvalue weighted by Crippen LogP contribution is 2.21. The van der Waals surface area contributed by atoms with Crippen molar-refractivity contribution in [2.45, 2.75) is 12.5 Å². The Bertz CT molecular complexity index is 1130. The zero-order valence-corrected chi connectivity index (χ0v) is 16.1. The van der Waals surface area contributed by atoms with Crippen LogP contribution in [-0.4, -0.2) is 45.8 Å². The van der Waals surface area contributed by atoms with Crippen molar-refractivity contribution in [2.24, 2.45) is 0 Å². The van der Waals surface area contributed by atoms with E-state index in [4.69, 9.17) is 0 Å². The Hall–Kier alpha value is -3.81. The Morgan fingerprint density at radius 2 is 2.07 bits per heavy atom. The van der Waals surface area contributed by atoms with Crippen LogP contribution in [0.4, 0.5) is 16.0 Å². The number of nitrogens with one attached hydrogen (secondary N) is 2. The van der Waals surface area contributed by atoms with Crippen molar-refractivity contribution in [3.05, 3.63) is 72.7 Å². The Balaban J connectivity index is 1.41. The van der Waals surface area contributed by atoms with E-state index in [9.17, 15) is 14.0 Å². The van der Waals surface area contributed by atoms with Crippen molar-refractivity contribution in [3.63, 3.8) is 0 Å². The third-order valence-corrected chi connectivity index (χ3v) is 4.96. The minimum absolute atomic E-state index is 0.00543. The molecule has 8 heteroatoms. The molecule has 2 amide bonds. The number of hydrogen-bond acceptors (Lipinski definition) is 5. The first-order valence-corrected chi connectivity index (χ1v) is 9.54. The van der Waals surface area contributed by atoms with Crippen LogP contribution in [0.2, 0.25) is 0 Å². The second-order valence-corrected chi connectivity index (χ2v) is 7.02. The van der Waals surface area contributed by atoms with Gasteiger partial charge in [0.25, 0.3) is 5.91 Å². The van der Waals surface area contributed by atoms with E-state index in [0.29, 0.717) is 19.0 Å². The number of halogens is 1. The Morgan fingerprint density at radius 3 is 2.87 bits per heavy atom. The molecular formula is C22H20FN5O2. The number of rotatable bonds is 5. The molecule has 2 N–H and O–H groups in total. The molecular weight excluding hydrogens is 385 g/mol. The Kier molecular flexibility index (Phi) is 5.38. The summed E-state index contributed by atoms with van der Waals surface area (Å²) in [5, 5.41) is 6.59. The fraction of sp³-hybridized carbons (Fsp3) is 0.182. The van der Waals surface area contributed by atoms with Crippen LogP contribution >= 0.6 is 0 Å². The number of para-hydroxylation sites is 1. The number of fused-ring (bicyclic) bond motifs is 1. The number of nitrogens with zero attached hydrogens (tertiary/aromatic N) is 3. The summed E-state index contributed by atoms with van der Waals surface area (Å²) in [5.74, 6) is -0.938. The molecule has 0 aliphatic carbocycles. The lowest BCUT2D eigenvalue weighted by molar-refractivity contribution is -0.111. The molecule has 30 heavy (non-hydrogen) atoms. The molecule has 2 aromatic carbocycles. The SMILES string of the molecule is C=CC(=O)Nc1ccc(C(=O)N2CC[C@@H](Nc3ncc4ccccc4n3)C2)cc1F. The lowest BCUT2D eigenvalue weighted by Crippen LogP contribution is -2.32. The van der Waals surface area contributed by atoms with Crippen LogP contribution in [0.25, 0.3) is 10.9 Å². The van der Waals surface area contributed by atoms with E-state index in [2.05, 4.69) is 27.2 Å². The summed E-state index contributed by atoms with van der Waals surface area (Å²) >= 11 is 0. The van der Waals surface area contributed by atoms with Crippen LogP contribution in [0.15, 0.2) is 61.3 Å². The fourth-order valence-electron chi connectivity index (χ4n) is 3.40. The number of likely N-dealkylation sites (tertiary alicyclic amines) is 1. The summed E-state index contributed by atoms with van der Waals surface area (Å²) in [4.78, 5) is 34.6. The summed E-state index contributed by atoms with van der Waals surface area (Å²) in [6, 6.07) is 11.7. The maximum absolute atomic E-state index is 14.2. The van der Waals surface area contributed by atoms with Gasteiger partial charge in [-0.25, -0.2) is 14.4 Å². The predicted octanol–water partition coefficient (Wildman–Crippen LogP) is 3.22. The molecule has 0 unspecified atom stereocenters. The molecule has 1 aliphatic rings. The van der Waals surface area contributed by atoms with E-state index >= 15 is 0 Å². The van der Waals surface area contributed by atoms with E-state index in [-0.39, 0.29) is 23.2 Å². The van der Waals surface area contributed by atoms with Gasteiger partial charge in [0, 0.05) is 36.3 Å². The zero-order valence-electron chi connectivity index (χ0n) is 16.1. The van der Waals surface area contributed by atoms with Crippen molar-refractivity contribution < 1.29 is 14.0 Å².